The highest BCUT2D eigenvalue weighted by atomic mass is 35.5. The van der Waals surface area contributed by atoms with Crippen LogP contribution in [-0.2, 0) is 4.79 Å². The van der Waals surface area contributed by atoms with Crippen LogP contribution in [0.3, 0.4) is 0 Å². The van der Waals surface area contributed by atoms with E-state index >= 15 is 0 Å². The molecule has 4 heteroatoms. The Balaban J connectivity index is 2.42. The standard InChI is InChI=1S/C7H10Cl2O2/c8-5-2-1-4(7(5)9)3-6(10)11/h4-5,7H,1-3H2,(H,10,11)/t4-,5+,7+/m0/s1. The first-order valence-electron chi connectivity index (χ1n) is 3.61. The lowest BCUT2D eigenvalue weighted by atomic mass is 10.0. The van der Waals surface area contributed by atoms with Crippen LogP contribution < -0.4 is 0 Å². The maximum atomic E-state index is 10.3. The van der Waals surface area contributed by atoms with Gasteiger partial charge in [0.2, 0.25) is 0 Å². The predicted octanol–water partition coefficient (Wildman–Crippen LogP) is 2.09. The van der Waals surface area contributed by atoms with Crippen molar-refractivity contribution in [2.75, 3.05) is 0 Å². The Hall–Kier alpha value is 0.0500. The maximum absolute atomic E-state index is 10.3. The average molecular weight is 197 g/mol. The van der Waals surface area contributed by atoms with Crippen molar-refractivity contribution in [1.29, 1.82) is 0 Å². The molecule has 1 N–H and O–H groups in total. The molecule has 2 nitrogen and oxygen atoms in total. The molecule has 1 fully saturated rings. The first-order valence-corrected chi connectivity index (χ1v) is 4.48. The molecular weight excluding hydrogens is 187 g/mol. The first-order chi connectivity index (χ1) is 5.11. The number of halogens is 2. The van der Waals surface area contributed by atoms with Gasteiger partial charge in [-0.3, -0.25) is 4.79 Å². The highest BCUT2D eigenvalue weighted by molar-refractivity contribution is 6.30. The van der Waals surface area contributed by atoms with Crippen LogP contribution in [0.25, 0.3) is 0 Å². The van der Waals surface area contributed by atoms with Gasteiger partial charge in [0.1, 0.15) is 0 Å². The van der Waals surface area contributed by atoms with Gasteiger partial charge in [0, 0.05) is 6.42 Å². The molecule has 0 saturated heterocycles. The van der Waals surface area contributed by atoms with E-state index in [4.69, 9.17) is 28.3 Å². The Labute approximate surface area is 75.5 Å². The normalized spacial score (nSPS) is 37.5. The lowest BCUT2D eigenvalue weighted by Crippen LogP contribution is -2.17. The molecule has 1 aliphatic rings. The molecule has 0 aromatic heterocycles. The van der Waals surface area contributed by atoms with Gasteiger partial charge in [0.25, 0.3) is 0 Å². The fraction of sp³-hybridized carbons (Fsp3) is 0.857. The summed E-state index contributed by atoms with van der Waals surface area (Å²) in [7, 11) is 0. The summed E-state index contributed by atoms with van der Waals surface area (Å²) in [5.74, 6) is -0.719. The van der Waals surface area contributed by atoms with E-state index in [1.807, 2.05) is 0 Å². The molecule has 1 saturated carbocycles. The van der Waals surface area contributed by atoms with E-state index in [1.165, 1.54) is 0 Å². The lowest BCUT2D eigenvalue weighted by molar-refractivity contribution is -0.138. The second kappa shape index (κ2) is 3.63. The third-order valence-electron chi connectivity index (χ3n) is 2.05. The minimum atomic E-state index is -0.786. The number of carbonyl (C=O) groups is 1. The molecule has 0 amide bonds. The fourth-order valence-electron chi connectivity index (χ4n) is 1.43. The van der Waals surface area contributed by atoms with Crippen LogP contribution >= 0.6 is 23.2 Å². The Morgan fingerprint density at radius 2 is 2.09 bits per heavy atom. The molecule has 0 aromatic carbocycles. The summed E-state index contributed by atoms with van der Waals surface area (Å²) < 4.78 is 0. The summed E-state index contributed by atoms with van der Waals surface area (Å²) in [5.41, 5.74) is 0. The second-order valence-corrected chi connectivity index (χ2v) is 3.96. The summed E-state index contributed by atoms with van der Waals surface area (Å²) >= 11 is 11.7. The van der Waals surface area contributed by atoms with E-state index in [0.717, 1.165) is 12.8 Å². The number of hydrogen-bond donors (Lipinski definition) is 1. The van der Waals surface area contributed by atoms with Gasteiger partial charge in [0.15, 0.2) is 0 Å². The number of aliphatic carboxylic acids is 1. The minimum absolute atomic E-state index is 0.0407. The van der Waals surface area contributed by atoms with Crippen LogP contribution in [0.5, 0.6) is 0 Å². The summed E-state index contributed by atoms with van der Waals surface area (Å²) in [6, 6.07) is 0. The van der Waals surface area contributed by atoms with E-state index in [0.29, 0.717) is 0 Å². The van der Waals surface area contributed by atoms with Crippen molar-refractivity contribution in [3.63, 3.8) is 0 Å². The molecule has 0 aromatic rings. The fourth-order valence-corrected chi connectivity index (χ4v) is 2.10. The van der Waals surface area contributed by atoms with E-state index in [-0.39, 0.29) is 23.1 Å². The Morgan fingerprint density at radius 1 is 1.45 bits per heavy atom. The zero-order chi connectivity index (χ0) is 8.43. The van der Waals surface area contributed by atoms with Crippen molar-refractivity contribution in [3.05, 3.63) is 0 Å². The van der Waals surface area contributed by atoms with Crippen LogP contribution in [-0.4, -0.2) is 21.8 Å². The van der Waals surface area contributed by atoms with Gasteiger partial charge >= 0.3 is 5.97 Å². The Morgan fingerprint density at radius 3 is 2.45 bits per heavy atom. The molecule has 0 heterocycles. The number of hydrogen-bond acceptors (Lipinski definition) is 1. The van der Waals surface area contributed by atoms with E-state index in [9.17, 15) is 4.79 Å². The Bertz CT molecular complexity index is 161. The zero-order valence-electron chi connectivity index (χ0n) is 5.96. The van der Waals surface area contributed by atoms with Gasteiger partial charge in [-0.15, -0.1) is 23.2 Å². The van der Waals surface area contributed by atoms with Crippen LogP contribution in [0.15, 0.2) is 0 Å². The second-order valence-electron chi connectivity index (χ2n) is 2.90. The molecule has 64 valence electrons. The number of rotatable bonds is 2. The summed E-state index contributed by atoms with van der Waals surface area (Å²) in [5, 5.41) is 8.28. The zero-order valence-corrected chi connectivity index (χ0v) is 7.48. The molecule has 0 radical (unpaired) electrons. The van der Waals surface area contributed by atoms with Crippen LogP contribution in [0.2, 0.25) is 0 Å². The quantitative estimate of drug-likeness (QED) is 0.688. The average Bonchev–Trinajstić information content (AvgIpc) is 2.18. The highest BCUT2D eigenvalue weighted by Gasteiger charge is 2.34. The van der Waals surface area contributed by atoms with Crippen LogP contribution in [0.1, 0.15) is 19.3 Å². The summed E-state index contributed by atoms with van der Waals surface area (Å²) in [6.45, 7) is 0. The van der Waals surface area contributed by atoms with Crippen molar-refractivity contribution in [1.82, 2.24) is 0 Å². The SMILES string of the molecule is O=C(O)C[C@@H]1CC[C@@H](Cl)[C@@H]1Cl. The molecule has 11 heavy (non-hydrogen) atoms. The van der Waals surface area contributed by atoms with Gasteiger partial charge in [-0.1, -0.05) is 0 Å². The number of carboxylic acids is 1. The van der Waals surface area contributed by atoms with E-state index in [2.05, 4.69) is 0 Å². The predicted molar refractivity (Wildman–Crippen MR) is 44.3 cm³/mol. The van der Waals surface area contributed by atoms with Gasteiger partial charge in [0.05, 0.1) is 10.8 Å². The molecule has 0 bridgehead atoms. The molecule has 1 rings (SSSR count). The topological polar surface area (TPSA) is 37.3 Å². The van der Waals surface area contributed by atoms with Crippen LogP contribution in [0.4, 0.5) is 0 Å². The summed E-state index contributed by atoms with van der Waals surface area (Å²) in [4.78, 5) is 10.3. The molecule has 3 atom stereocenters. The van der Waals surface area contributed by atoms with Gasteiger partial charge in [-0.25, -0.2) is 0 Å². The maximum Gasteiger partial charge on any atom is 0.303 e. The number of alkyl halides is 2. The van der Waals surface area contributed by atoms with Crippen molar-refractivity contribution < 1.29 is 9.90 Å². The van der Waals surface area contributed by atoms with E-state index < -0.39 is 5.97 Å². The van der Waals surface area contributed by atoms with Crippen LogP contribution in [0, 0.1) is 5.92 Å². The molecular formula is C7H10Cl2O2. The highest BCUT2D eigenvalue weighted by Crippen LogP contribution is 2.35. The lowest BCUT2D eigenvalue weighted by Gasteiger charge is -2.11. The summed E-state index contributed by atoms with van der Waals surface area (Å²) in [6.07, 6.45) is 1.83. The first kappa shape index (κ1) is 9.14. The molecule has 0 spiro atoms. The van der Waals surface area contributed by atoms with Crippen molar-refractivity contribution >= 4 is 29.2 Å². The monoisotopic (exact) mass is 196 g/mol. The third kappa shape index (κ3) is 2.24. The van der Waals surface area contributed by atoms with Crippen molar-refractivity contribution in [2.24, 2.45) is 5.92 Å². The Kier molecular flexibility index (Phi) is 3.02. The smallest absolute Gasteiger partial charge is 0.303 e. The largest absolute Gasteiger partial charge is 0.481 e. The van der Waals surface area contributed by atoms with E-state index in [1.54, 1.807) is 0 Å². The molecule has 0 unspecified atom stereocenters. The molecule has 1 aliphatic carbocycles. The molecule has 0 aliphatic heterocycles. The van der Waals surface area contributed by atoms with Crippen molar-refractivity contribution in [3.8, 4) is 0 Å². The van der Waals surface area contributed by atoms with Crippen molar-refractivity contribution in [2.45, 2.75) is 30.0 Å². The van der Waals surface area contributed by atoms with Gasteiger partial charge in [-0.2, -0.15) is 0 Å². The third-order valence-corrected chi connectivity index (χ3v) is 3.33. The van der Waals surface area contributed by atoms with Gasteiger partial charge in [-0.05, 0) is 18.8 Å². The minimum Gasteiger partial charge on any atom is -0.481 e. The number of carboxylic acid groups (broad SMARTS) is 1. The van der Waals surface area contributed by atoms with Gasteiger partial charge < -0.3 is 5.11 Å².